The van der Waals surface area contributed by atoms with E-state index in [-0.39, 0.29) is 0 Å². The van der Waals surface area contributed by atoms with E-state index in [0.717, 1.165) is 16.1 Å². The van der Waals surface area contributed by atoms with Crippen LogP contribution in [0.5, 0.6) is 0 Å². The van der Waals surface area contributed by atoms with Gasteiger partial charge in [0.1, 0.15) is 0 Å². The molecule has 0 fully saturated rings. The largest absolute Gasteiger partial charge is 0.351 e. The summed E-state index contributed by atoms with van der Waals surface area (Å²) in [4.78, 5) is 12.9. The van der Waals surface area contributed by atoms with Crippen LogP contribution in [0.2, 0.25) is 0 Å². The number of carbonyl (C=O) groups excluding carboxylic acids is 1. The molecule has 0 aromatic carbocycles. The van der Waals surface area contributed by atoms with Crippen LogP contribution in [-0.4, -0.2) is 6.03 Å². The second-order valence-corrected chi connectivity index (χ2v) is 4.13. The fraction of sp³-hybridized carbons (Fsp3) is 0.375. The summed E-state index contributed by atoms with van der Waals surface area (Å²) in [5.74, 6) is 0. The van der Waals surface area contributed by atoms with Crippen LogP contribution < -0.4 is 11.1 Å². The van der Waals surface area contributed by atoms with Crippen LogP contribution in [-0.2, 0) is 0 Å². The molecule has 3 nitrogen and oxygen atoms in total. The highest BCUT2D eigenvalue weighted by Crippen LogP contribution is 2.30. The number of carbonyl (C=O) groups is 1. The predicted octanol–water partition coefficient (Wildman–Crippen LogP) is 2.16. The van der Waals surface area contributed by atoms with Crippen LogP contribution >= 0.6 is 11.3 Å². The van der Waals surface area contributed by atoms with Crippen molar-refractivity contribution in [3.8, 4) is 0 Å². The number of hydrogen-bond donors (Lipinski definition) is 2. The third kappa shape index (κ3) is 1.58. The van der Waals surface area contributed by atoms with Crippen LogP contribution in [0.4, 0.5) is 10.5 Å². The summed E-state index contributed by atoms with van der Waals surface area (Å²) in [5.41, 5.74) is 7.00. The molecule has 0 spiro atoms. The van der Waals surface area contributed by atoms with Crippen LogP contribution in [0, 0.1) is 20.8 Å². The van der Waals surface area contributed by atoms with Crippen molar-refractivity contribution in [3.63, 3.8) is 0 Å². The van der Waals surface area contributed by atoms with E-state index < -0.39 is 6.03 Å². The van der Waals surface area contributed by atoms with Crippen molar-refractivity contribution < 1.29 is 4.79 Å². The second kappa shape index (κ2) is 3.15. The van der Waals surface area contributed by atoms with Crippen molar-refractivity contribution >= 4 is 23.1 Å². The lowest BCUT2D eigenvalue weighted by molar-refractivity contribution is 0.259. The van der Waals surface area contributed by atoms with Crippen LogP contribution in [0.3, 0.4) is 0 Å². The van der Waals surface area contributed by atoms with Crippen molar-refractivity contribution in [3.05, 3.63) is 15.3 Å². The molecule has 0 aliphatic rings. The molecule has 1 aromatic heterocycles. The minimum Gasteiger partial charge on any atom is -0.351 e. The van der Waals surface area contributed by atoms with E-state index in [9.17, 15) is 4.79 Å². The Hall–Kier alpha value is -1.03. The molecule has 2 amide bonds. The highest BCUT2D eigenvalue weighted by atomic mass is 32.1. The van der Waals surface area contributed by atoms with Gasteiger partial charge in [-0.2, -0.15) is 0 Å². The Balaban J connectivity index is 3.05. The van der Waals surface area contributed by atoms with E-state index in [1.807, 2.05) is 20.8 Å². The lowest BCUT2D eigenvalue weighted by Gasteiger charge is -2.01. The zero-order chi connectivity index (χ0) is 9.30. The van der Waals surface area contributed by atoms with Gasteiger partial charge in [0.15, 0.2) is 0 Å². The number of nitrogens with two attached hydrogens (primary N) is 1. The number of anilines is 1. The Morgan fingerprint density at radius 2 is 1.92 bits per heavy atom. The second-order valence-electron chi connectivity index (χ2n) is 2.70. The first-order chi connectivity index (χ1) is 5.52. The number of primary amides is 1. The third-order valence-corrected chi connectivity index (χ3v) is 2.93. The molecule has 0 radical (unpaired) electrons. The average molecular weight is 184 g/mol. The molecule has 66 valence electrons. The highest BCUT2D eigenvalue weighted by Gasteiger charge is 2.09. The summed E-state index contributed by atoms with van der Waals surface area (Å²) in [6.45, 7) is 5.97. The summed E-state index contributed by atoms with van der Waals surface area (Å²) in [6.07, 6.45) is 0. The van der Waals surface area contributed by atoms with Crippen LogP contribution in [0.15, 0.2) is 0 Å². The van der Waals surface area contributed by atoms with Gasteiger partial charge >= 0.3 is 6.03 Å². The van der Waals surface area contributed by atoms with Crippen molar-refractivity contribution in [2.45, 2.75) is 20.8 Å². The molecule has 3 N–H and O–H groups in total. The molecule has 0 aliphatic carbocycles. The standard InChI is InChI=1S/C8H12N2OS/c1-4-5(2)12-6(3)7(4)10-8(9)11/h1-3H3,(H3,9,10,11). The monoisotopic (exact) mass is 184 g/mol. The van der Waals surface area contributed by atoms with E-state index in [0.29, 0.717) is 0 Å². The van der Waals surface area contributed by atoms with Gasteiger partial charge in [-0.05, 0) is 26.3 Å². The zero-order valence-corrected chi connectivity index (χ0v) is 8.21. The summed E-state index contributed by atoms with van der Waals surface area (Å²) >= 11 is 1.67. The molecule has 0 bridgehead atoms. The average Bonchev–Trinajstić information content (AvgIpc) is 2.16. The number of aryl methyl sites for hydroxylation is 2. The Labute approximate surface area is 75.6 Å². The topological polar surface area (TPSA) is 55.1 Å². The molecule has 0 atom stereocenters. The number of amides is 2. The van der Waals surface area contributed by atoms with Crippen molar-refractivity contribution in [2.75, 3.05) is 5.32 Å². The van der Waals surface area contributed by atoms with Gasteiger partial charge in [-0.25, -0.2) is 4.79 Å². The van der Waals surface area contributed by atoms with Crippen molar-refractivity contribution in [1.82, 2.24) is 0 Å². The van der Waals surface area contributed by atoms with Crippen LogP contribution in [0.1, 0.15) is 15.3 Å². The van der Waals surface area contributed by atoms with E-state index in [4.69, 9.17) is 5.73 Å². The number of hydrogen-bond acceptors (Lipinski definition) is 2. The maximum atomic E-state index is 10.6. The Morgan fingerprint density at radius 1 is 1.33 bits per heavy atom. The van der Waals surface area contributed by atoms with Gasteiger partial charge in [0.2, 0.25) is 0 Å². The lowest BCUT2D eigenvalue weighted by Crippen LogP contribution is -2.19. The molecular weight excluding hydrogens is 172 g/mol. The summed E-state index contributed by atoms with van der Waals surface area (Å²) in [5, 5.41) is 2.61. The molecule has 4 heteroatoms. The van der Waals surface area contributed by atoms with Gasteiger partial charge in [0, 0.05) is 9.75 Å². The third-order valence-electron chi connectivity index (χ3n) is 1.81. The normalized spacial score (nSPS) is 9.92. The zero-order valence-electron chi connectivity index (χ0n) is 7.39. The first-order valence-corrected chi connectivity index (χ1v) is 4.47. The summed E-state index contributed by atoms with van der Waals surface area (Å²) < 4.78 is 0. The van der Waals surface area contributed by atoms with E-state index in [1.165, 1.54) is 4.88 Å². The fourth-order valence-corrected chi connectivity index (χ4v) is 2.12. The molecular formula is C8H12N2OS. The molecule has 0 aliphatic heterocycles. The van der Waals surface area contributed by atoms with Gasteiger partial charge in [-0.15, -0.1) is 11.3 Å². The van der Waals surface area contributed by atoms with E-state index >= 15 is 0 Å². The smallest absolute Gasteiger partial charge is 0.316 e. The molecule has 12 heavy (non-hydrogen) atoms. The SMILES string of the molecule is Cc1sc(C)c(NC(N)=O)c1C. The molecule has 0 saturated heterocycles. The summed E-state index contributed by atoms with van der Waals surface area (Å²) in [7, 11) is 0. The summed E-state index contributed by atoms with van der Waals surface area (Å²) in [6, 6.07) is -0.501. The quantitative estimate of drug-likeness (QED) is 0.690. The van der Waals surface area contributed by atoms with Gasteiger partial charge in [-0.3, -0.25) is 0 Å². The molecule has 1 aromatic rings. The van der Waals surface area contributed by atoms with Crippen molar-refractivity contribution in [2.24, 2.45) is 5.73 Å². The molecule has 1 rings (SSSR count). The van der Waals surface area contributed by atoms with Crippen LogP contribution in [0.25, 0.3) is 0 Å². The Bertz CT molecular complexity index is 317. The maximum absolute atomic E-state index is 10.6. The minimum absolute atomic E-state index is 0.501. The highest BCUT2D eigenvalue weighted by molar-refractivity contribution is 7.12. The lowest BCUT2D eigenvalue weighted by atomic mass is 10.2. The van der Waals surface area contributed by atoms with E-state index in [2.05, 4.69) is 5.32 Å². The first kappa shape index (κ1) is 9.06. The number of urea groups is 1. The van der Waals surface area contributed by atoms with Gasteiger partial charge < -0.3 is 11.1 Å². The Kier molecular flexibility index (Phi) is 2.38. The molecule has 0 unspecified atom stereocenters. The van der Waals surface area contributed by atoms with E-state index in [1.54, 1.807) is 11.3 Å². The molecule has 0 saturated carbocycles. The minimum atomic E-state index is -0.501. The van der Waals surface area contributed by atoms with Crippen molar-refractivity contribution in [1.29, 1.82) is 0 Å². The maximum Gasteiger partial charge on any atom is 0.316 e. The van der Waals surface area contributed by atoms with Gasteiger partial charge in [-0.1, -0.05) is 0 Å². The van der Waals surface area contributed by atoms with Gasteiger partial charge in [0.05, 0.1) is 5.69 Å². The van der Waals surface area contributed by atoms with Gasteiger partial charge in [0.25, 0.3) is 0 Å². The number of rotatable bonds is 1. The Morgan fingerprint density at radius 3 is 2.25 bits per heavy atom. The fourth-order valence-electron chi connectivity index (χ4n) is 1.10. The number of thiophene rings is 1. The first-order valence-electron chi connectivity index (χ1n) is 3.65. The molecule has 1 heterocycles. The predicted molar refractivity (Wildman–Crippen MR) is 51.7 cm³/mol. The number of nitrogens with one attached hydrogen (secondary N) is 1.